The fourth-order valence-corrected chi connectivity index (χ4v) is 4.03. The van der Waals surface area contributed by atoms with Crippen LogP contribution in [-0.2, 0) is 0 Å². The average molecular weight is 428 g/mol. The van der Waals surface area contributed by atoms with E-state index in [0.717, 1.165) is 29.0 Å². The summed E-state index contributed by atoms with van der Waals surface area (Å²) >= 11 is 1.62. The van der Waals surface area contributed by atoms with Crippen LogP contribution in [0, 0.1) is 13.8 Å². The molecule has 1 amide bonds. The Labute approximate surface area is 181 Å². The molecular weight excluding hydrogens is 398 g/mol. The van der Waals surface area contributed by atoms with Gasteiger partial charge in [0.05, 0.1) is 33.6 Å². The largest absolute Gasteiger partial charge is 0.390 e. The van der Waals surface area contributed by atoms with Crippen molar-refractivity contribution in [3.63, 3.8) is 0 Å². The van der Waals surface area contributed by atoms with E-state index in [1.165, 1.54) is 0 Å². The summed E-state index contributed by atoms with van der Waals surface area (Å²) in [5, 5.41) is 19.2. The Morgan fingerprint density at radius 2 is 2.10 bits per heavy atom. The van der Waals surface area contributed by atoms with Gasteiger partial charge >= 0.3 is 0 Å². The number of amides is 1. The average Bonchev–Trinajstić information content (AvgIpc) is 3.31. The monoisotopic (exact) mass is 427 g/mol. The first-order chi connectivity index (χ1) is 14.2. The summed E-state index contributed by atoms with van der Waals surface area (Å²) in [4.78, 5) is 22.9. The minimum absolute atomic E-state index is 0.00339. The summed E-state index contributed by atoms with van der Waals surface area (Å²) in [6.07, 6.45) is 5.67. The van der Waals surface area contributed by atoms with Gasteiger partial charge in [0.1, 0.15) is 0 Å². The van der Waals surface area contributed by atoms with Gasteiger partial charge in [0.15, 0.2) is 0 Å². The van der Waals surface area contributed by atoms with Gasteiger partial charge in [0.25, 0.3) is 11.9 Å². The summed E-state index contributed by atoms with van der Waals surface area (Å²) in [7, 11) is 0. The van der Waals surface area contributed by atoms with Crippen LogP contribution in [-0.4, -0.2) is 42.4 Å². The Kier molecular flexibility index (Phi) is 6.67. The lowest BCUT2D eigenvalue weighted by Gasteiger charge is -2.19. The first-order valence-electron chi connectivity index (χ1n) is 10.1. The standard InChI is InChI=1S/C22H29N5O2S/c1-14-12-23-21(26-19(14)18-9-7-11-30-18)27-16(3)17(13-24-27)20(28)25-15(2)8-6-10-22(4,5)29/h7,9,11-13,15,29H,6,8,10H2,1-5H3,(H,25,28). The number of thiophene rings is 1. The number of nitrogens with one attached hydrogen (secondary N) is 1. The first-order valence-corrected chi connectivity index (χ1v) is 11.0. The maximum absolute atomic E-state index is 12.7. The molecule has 0 aliphatic heterocycles. The van der Waals surface area contributed by atoms with E-state index in [2.05, 4.69) is 20.4 Å². The van der Waals surface area contributed by atoms with Gasteiger partial charge in [-0.25, -0.2) is 14.6 Å². The van der Waals surface area contributed by atoms with E-state index in [-0.39, 0.29) is 11.9 Å². The molecule has 0 fully saturated rings. The molecule has 1 atom stereocenters. The van der Waals surface area contributed by atoms with Crippen molar-refractivity contribution in [2.45, 2.75) is 65.5 Å². The Morgan fingerprint density at radius 1 is 1.33 bits per heavy atom. The van der Waals surface area contributed by atoms with E-state index >= 15 is 0 Å². The highest BCUT2D eigenvalue weighted by Crippen LogP contribution is 2.26. The van der Waals surface area contributed by atoms with E-state index in [1.807, 2.05) is 38.3 Å². The van der Waals surface area contributed by atoms with Crippen LogP contribution in [0.2, 0.25) is 0 Å². The SMILES string of the molecule is Cc1cnc(-n2ncc(C(=O)NC(C)CCCC(C)(C)O)c2C)nc1-c1cccs1. The maximum atomic E-state index is 12.7. The van der Waals surface area contributed by atoms with Gasteiger partial charge in [-0.3, -0.25) is 4.79 Å². The highest BCUT2D eigenvalue weighted by molar-refractivity contribution is 7.13. The van der Waals surface area contributed by atoms with E-state index in [4.69, 9.17) is 0 Å². The zero-order chi connectivity index (χ0) is 21.9. The first kappa shape index (κ1) is 22.1. The number of hydrogen-bond donors (Lipinski definition) is 2. The molecule has 8 heteroatoms. The predicted molar refractivity (Wildman–Crippen MR) is 119 cm³/mol. The summed E-state index contributed by atoms with van der Waals surface area (Å²) in [6, 6.07) is 4.02. The molecule has 0 radical (unpaired) electrons. The van der Waals surface area contributed by atoms with Gasteiger partial charge in [-0.1, -0.05) is 6.07 Å². The molecule has 3 rings (SSSR count). The third-order valence-corrected chi connectivity index (χ3v) is 5.84. The second-order valence-corrected chi connectivity index (χ2v) is 9.26. The van der Waals surface area contributed by atoms with Gasteiger partial charge < -0.3 is 10.4 Å². The van der Waals surface area contributed by atoms with Crippen molar-refractivity contribution in [2.75, 3.05) is 0 Å². The van der Waals surface area contributed by atoms with Crippen molar-refractivity contribution in [1.82, 2.24) is 25.1 Å². The van der Waals surface area contributed by atoms with Crippen LogP contribution >= 0.6 is 11.3 Å². The number of aryl methyl sites for hydroxylation is 1. The number of nitrogens with zero attached hydrogens (tertiary/aromatic N) is 4. The molecule has 0 spiro atoms. The van der Waals surface area contributed by atoms with Crippen molar-refractivity contribution in [2.24, 2.45) is 0 Å². The molecule has 0 saturated carbocycles. The van der Waals surface area contributed by atoms with Gasteiger partial charge in [-0.05, 0) is 70.9 Å². The van der Waals surface area contributed by atoms with Crippen molar-refractivity contribution < 1.29 is 9.90 Å². The van der Waals surface area contributed by atoms with Gasteiger partial charge in [0, 0.05) is 12.2 Å². The van der Waals surface area contributed by atoms with Crippen LogP contribution in [0.4, 0.5) is 0 Å². The fourth-order valence-electron chi connectivity index (χ4n) is 3.25. The third-order valence-electron chi connectivity index (χ3n) is 4.96. The normalized spacial score (nSPS) is 12.7. The number of hydrogen-bond acceptors (Lipinski definition) is 6. The molecule has 30 heavy (non-hydrogen) atoms. The smallest absolute Gasteiger partial charge is 0.254 e. The Bertz CT molecular complexity index is 1010. The second kappa shape index (κ2) is 9.06. The molecule has 3 aromatic heterocycles. The van der Waals surface area contributed by atoms with E-state index < -0.39 is 5.60 Å². The minimum atomic E-state index is -0.683. The topological polar surface area (TPSA) is 92.9 Å². The quantitative estimate of drug-likeness (QED) is 0.565. The predicted octanol–water partition coefficient (Wildman–Crippen LogP) is 4.07. The molecule has 0 saturated heterocycles. The van der Waals surface area contributed by atoms with E-state index in [1.54, 1.807) is 42.3 Å². The molecule has 3 heterocycles. The van der Waals surface area contributed by atoms with Gasteiger partial charge in [-0.2, -0.15) is 5.10 Å². The summed E-state index contributed by atoms with van der Waals surface area (Å²) < 4.78 is 1.60. The molecular formula is C22H29N5O2S. The lowest BCUT2D eigenvalue weighted by molar-refractivity contribution is 0.0674. The highest BCUT2D eigenvalue weighted by Gasteiger charge is 2.19. The molecule has 3 aromatic rings. The summed E-state index contributed by atoms with van der Waals surface area (Å²) in [6.45, 7) is 9.39. The molecule has 0 bridgehead atoms. The lowest BCUT2D eigenvalue weighted by Crippen LogP contribution is -2.33. The van der Waals surface area contributed by atoms with Crippen LogP contribution in [0.15, 0.2) is 29.9 Å². The molecule has 2 N–H and O–H groups in total. The molecule has 7 nitrogen and oxygen atoms in total. The molecule has 1 unspecified atom stereocenters. The van der Waals surface area contributed by atoms with E-state index in [9.17, 15) is 9.90 Å². The second-order valence-electron chi connectivity index (χ2n) is 8.31. The van der Waals surface area contributed by atoms with Crippen molar-refractivity contribution in [1.29, 1.82) is 0 Å². The third kappa shape index (κ3) is 5.31. The fraction of sp³-hybridized carbons (Fsp3) is 0.455. The Balaban J connectivity index is 1.73. The number of aromatic nitrogens is 4. The van der Waals surface area contributed by atoms with Gasteiger partial charge in [-0.15, -0.1) is 11.3 Å². The van der Waals surface area contributed by atoms with Crippen LogP contribution < -0.4 is 5.32 Å². The van der Waals surface area contributed by atoms with Crippen LogP contribution in [0.25, 0.3) is 16.5 Å². The number of carbonyl (C=O) groups is 1. The number of rotatable bonds is 8. The van der Waals surface area contributed by atoms with Crippen molar-refractivity contribution in [3.05, 3.63) is 46.7 Å². The van der Waals surface area contributed by atoms with Crippen LogP contribution in [0.1, 0.15) is 61.6 Å². The maximum Gasteiger partial charge on any atom is 0.254 e. The number of aliphatic hydroxyl groups is 1. The lowest BCUT2D eigenvalue weighted by atomic mass is 9.99. The van der Waals surface area contributed by atoms with Crippen molar-refractivity contribution >= 4 is 17.2 Å². The van der Waals surface area contributed by atoms with Crippen LogP contribution in [0.5, 0.6) is 0 Å². The Morgan fingerprint density at radius 3 is 2.77 bits per heavy atom. The summed E-state index contributed by atoms with van der Waals surface area (Å²) in [5.41, 5.74) is 2.38. The molecule has 0 aliphatic carbocycles. The van der Waals surface area contributed by atoms with E-state index in [0.29, 0.717) is 23.6 Å². The molecule has 160 valence electrons. The molecule has 0 aliphatic rings. The minimum Gasteiger partial charge on any atom is -0.390 e. The highest BCUT2D eigenvalue weighted by atomic mass is 32.1. The van der Waals surface area contributed by atoms with Crippen LogP contribution in [0.3, 0.4) is 0 Å². The summed E-state index contributed by atoms with van der Waals surface area (Å²) in [5.74, 6) is 0.277. The number of carbonyl (C=O) groups excluding carboxylic acids is 1. The van der Waals surface area contributed by atoms with Gasteiger partial charge in [0.2, 0.25) is 0 Å². The zero-order valence-electron chi connectivity index (χ0n) is 18.1. The molecule has 0 aromatic carbocycles. The zero-order valence-corrected chi connectivity index (χ0v) is 19.0. The van der Waals surface area contributed by atoms with Crippen molar-refractivity contribution in [3.8, 4) is 16.5 Å². The Hall–Kier alpha value is -2.58.